The van der Waals surface area contributed by atoms with Gasteiger partial charge in [-0.25, -0.2) is 0 Å². The molecule has 0 aliphatic rings. The Morgan fingerprint density at radius 2 is 1.83 bits per heavy atom. The first kappa shape index (κ1) is 14.7. The fourth-order valence-electron chi connectivity index (χ4n) is 2.08. The van der Waals surface area contributed by atoms with Gasteiger partial charge in [-0.2, -0.15) is 5.26 Å². The highest BCUT2D eigenvalue weighted by molar-refractivity contribution is 5.31. The summed E-state index contributed by atoms with van der Waals surface area (Å²) >= 11 is 0. The van der Waals surface area contributed by atoms with Crippen molar-refractivity contribution in [3.05, 3.63) is 35.4 Å². The lowest BCUT2D eigenvalue weighted by molar-refractivity contribution is 0.224. The molecule has 98 valence electrons. The van der Waals surface area contributed by atoms with Gasteiger partial charge in [0.05, 0.1) is 11.6 Å². The van der Waals surface area contributed by atoms with E-state index in [2.05, 4.69) is 44.2 Å². The van der Waals surface area contributed by atoms with Crippen molar-refractivity contribution in [1.82, 2.24) is 10.2 Å². The van der Waals surface area contributed by atoms with E-state index < -0.39 is 0 Å². The first-order valence-corrected chi connectivity index (χ1v) is 6.40. The van der Waals surface area contributed by atoms with Crippen molar-refractivity contribution in [3.63, 3.8) is 0 Å². The minimum Gasteiger partial charge on any atom is -0.311 e. The molecule has 3 heteroatoms. The molecule has 1 N–H and O–H groups in total. The van der Waals surface area contributed by atoms with E-state index >= 15 is 0 Å². The second-order valence-electron chi connectivity index (χ2n) is 5.21. The number of likely N-dealkylation sites (N-methyl/N-ethyl adjacent to an activating group) is 1. The Morgan fingerprint density at radius 1 is 1.22 bits per heavy atom. The Hall–Kier alpha value is -1.37. The summed E-state index contributed by atoms with van der Waals surface area (Å²) in [5.74, 6) is 0.633. The minimum absolute atomic E-state index is 0.545. The normalized spacial score (nSPS) is 12.7. The van der Waals surface area contributed by atoms with Gasteiger partial charge < -0.3 is 10.2 Å². The summed E-state index contributed by atoms with van der Waals surface area (Å²) in [5.41, 5.74) is 1.93. The second kappa shape index (κ2) is 7.15. The summed E-state index contributed by atoms with van der Waals surface area (Å²) in [7, 11) is 4.24. The van der Waals surface area contributed by atoms with Crippen molar-refractivity contribution in [3.8, 4) is 6.07 Å². The predicted octanol–water partition coefficient (Wildman–Crippen LogP) is 2.23. The van der Waals surface area contributed by atoms with Crippen LogP contribution in [0.5, 0.6) is 0 Å². The van der Waals surface area contributed by atoms with Gasteiger partial charge in [-0.05, 0) is 37.7 Å². The third-order valence-electron chi connectivity index (χ3n) is 3.20. The number of hydrogen-bond acceptors (Lipinski definition) is 3. The molecule has 1 atom stereocenters. The maximum atomic E-state index is 8.73. The van der Waals surface area contributed by atoms with Crippen molar-refractivity contribution >= 4 is 0 Å². The molecule has 1 rings (SSSR count). The van der Waals surface area contributed by atoms with Gasteiger partial charge in [0, 0.05) is 19.1 Å². The van der Waals surface area contributed by atoms with Gasteiger partial charge in [-0.3, -0.25) is 0 Å². The average Bonchev–Trinajstić information content (AvgIpc) is 2.34. The van der Waals surface area contributed by atoms with Crippen molar-refractivity contribution < 1.29 is 0 Å². The molecule has 0 aliphatic carbocycles. The van der Waals surface area contributed by atoms with Crippen molar-refractivity contribution in [2.75, 3.05) is 20.6 Å². The van der Waals surface area contributed by atoms with Crippen molar-refractivity contribution in [2.24, 2.45) is 5.92 Å². The second-order valence-corrected chi connectivity index (χ2v) is 5.21. The lowest BCUT2D eigenvalue weighted by Gasteiger charge is -2.28. The smallest absolute Gasteiger partial charge is 0.0991 e. The largest absolute Gasteiger partial charge is 0.311 e. The number of nitriles is 1. The molecule has 0 radical (unpaired) electrons. The highest BCUT2D eigenvalue weighted by Crippen LogP contribution is 2.07. The van der Waals surface area contributed by atoms with E-state index in [0.717, 1.165) is 13.1 Å². The Bertz CT molecular complexity index is 379. The molecule has 1 aromatic carbocycles. The Morgan fingerprint density at radius 3 is 2.28 bits per heavy atom. The van der Waals surface area contributed by atoms with E-state index in [0.29, 0.717) is 17.5 Å². The van der Waals surface area contributed by atoms with E-state index in [-0.39, 0.29) is 0 Å². The Balaban J connectivity index is 2.43. The number of hydrogen-bond donors (Lipinski definition) is 1. The van der Waals surface area contributed by atoms with E-state index in [1.807, 2.05) is 24.3 Å². The zero-order valence-corrected chi connectivity index (χ0v) is 11.8. The van der Waals surface area contributed by atoms with Crippen molar-refractivity contribution in [1.29, 1.82) is 5.26 Å². The molecule has 0 heterocycles. The average molecular weight is 245 g/mol. The number of nitrogens with one attached hydrogen (secondary N) is 1. The molecule has 0 saturated carbocycles. The number of rotatable bonds is 6. The lowest BCUT2D eigenvalue weighted by atomic mass is 10.0. The van der Waals surface area contributed by atoms with Crippen LogP contribution in [0.2, 0.25) is 0 Å². The Labute approximate surface area is 110 Å². The molecule has 0 bridgehead atoms. The molecule has 0 aromatic heterocycles. The van der Waals surface area contributed by atoms with Crippen LogP contribution >= 0.6 is 0 Å². The van der Waals surface area contributed by atoms with Crippen LogP contribution < -0.4 is 5.32 Å². The lowest BCUT2D eigenvalue weighted by Crippen LogP contribution is -2.41. The van der Waals surface area contributed by atoms with Gasteiger partial charge in [-0.1, -0.05) is 26.0 Å². The molecule has 0 saturated heterocycles. The fourth-order valence-corrected chi connectivity index (χ4v) is 2.08. The Kier molecular flexibility index (Phi) is 5.84. The summed E-state index contributed by atoms with van der Waals surface area (Å²) in [5, 5.41) is 12.2. The number of nitrogens with zero attached hydrogens (tertiary/aromatic N) is 2. The molecule has 0 fully saturated rings. The van der Waals surface area contributed by atoms with Crippen LogP contribution in [0, 0.1) is 17.2 Å². The van der Waals surface area contributed by atoms with E-state index in [9.17, 15) is 0 Å². The predicted molar refractivity (Wildman–Crippen MR) is 75.2 cm³/mol. The van der Waals surface area contributed by atoms with Crippen LogP contribution in [-0.2, 0) is 6.54 Å². The molecule has 1 unspecified atom stereocenters. The maximum Gasteiger partial charge on any atom is 0.0991 e. The summed E-state index contributed by atoms with van der Waals surface area (Å²) in [6.07, 6.45) is 0. The topological polar surface area (TPSA) is 39.1 Å². The summed E-state index contributed by atoms with van der Waals surface area (Å²) in [4.78, 5) is 2.26. The van der Waals surface area contributed by atoms with Gasteiger partial charge in [-0.15, -0.1) is 0 Å². The highest BCUT2D eigenvalue weighted by atomic mass is 15.1. The molecule has 3 nitrogen and oxygen atoms in total. The van der Waals surface area contributed by atoms with Crippen molar-refractivity contribution in [2.45, 2.75) is 26.4 Å². The molecule has 1 aromatic rings. The van der Waals surface area contributed by atoms with Gasteiger partial charge in [0.1, 0.15) is 0 Å². The van der Waals surface area contributed by atoms with Crippen LogP contribution in [-0.4, -0.2) is 31.6 Å². The fraction of sp³-hybridized carbons (Fsp3) is 0.533. The van der Waals surface area contributed by atoms with Crippen LogP contribution in [0.3, 0.4) is 0 Å². The minimum atomic E-state index is 0.545. The summed E-state index contributed by atoms with van der Waals surface area (Å²) < 4.78 is 0. The standard InChI is InChI=1S/C15H23N3/c1-12(2)15(18(3)4)11-17-10-14-7-5-13(9-16)6-8-14/h5-8,12,15,17H,10-11H2,1-4H3. The molecule has 0 aliphatic heterocycles. The summed E-state index contributed by atoms with van der Waals surface area (Å²) in [6, 6.07) is 10.4. The number of benzene rings is 1. The van der Waals surface area contributed by atoms with Crippen LogP contribution in [0.4, 0.5) is 0 Å². The molecular formula is C15H23N3. The third kappa shape index (κ3) is 4.48. The first-order chi connectivity index (χ1) is 8.54. The van der Waals surface area contributed by atoms with Crippen LogP contribution in [0.15, 0.2) is 24.3 Å². The van der Waals surface area contributed by atoms with Crippen LogP contribution in [0.1, 0.15) is 25.0 Å². The summed E-state index contributed by atoms with van der Waals surface area (Å²) in [6.45, 7) is 6.32. The van der Waals surface area contributed by atoms with Gasteiger partial charge in [0.25, 0.3) is 0 Å². The molecule has 0 spiro atoms. The molecule has 18 heavy (non-hydrogen) atoms. The SMILES string of the molecule is CC(C)C(CNCc1ccc(C#N)cc1)N(C)C. The zero-order valence-electron chi connectivity index (χ0n) is 11.8. The molecular weight excluding hydrogens is 222 g/mol. The quantitative estimate of drug-likeness (QED) is 0.835. The van der Waals surface area contributed by atoms with Crippen LogP contribution in [0.25, 0.3) is 0 Å². The first-order valence-electron chi connectivity index (χ1n) is 6.40. The maximum absolute atomic E-state index is 8.73. The van der Waals surface area contributed by atoms with Gasteiger partial charge in [0.2, 0.25) is 0 Å². The van der Waals surface area contributed by atoms with E-state index in [1.165, 1.54) is 5.56 Å². The van der Waals surface area contributed by atoms with Gasteiger partial charge in [0.15, 0.2) is 0 Å². The zero-order chi connectivity index (χ0) is 13.5. The van der Waals surface area contributed by atoms with E-state index in [4.69, 9.17) is 5.26 Å². The molecule has 0 amide bonds. The van der Waals surface area contributed by atoms with Gasteiger partial charge >= 0.3 is 0 Å². The third-order valence-corrected chi connectivity index (χ3v) is 3.20. The van der Waals surface area contributed by atoms with E-state index in [1.54, 1.807) is 0 Å². The highest BCUT2D eigenvalue weighted by Gasteiger charge is 2.14. The monoisotopic (exact) mass is 245 g/mol.